The SMILES string of the molecule is COc1ccc(NCc2cc(OC)c(OC)cc2Br)cc1. The highest BCUT2D eigenvalue weighted by Crippen LogP contribution is 2.33. The van der Waals surface area contributed by atoms with E-state index >= 15 is 0 Å². The molecule has 0 heterocycles. The summed E-state index contributed by atoms with van der Waals surface area (Å²) in [4.78, 5) is 0. The van der Waals surface area contributed by atoms with Crippen LogP contribution in [0, 0.1) is 0 Å². The first-order valence-corrected chi connectivity index (χ1v) is 7.25. The summed E-state index contributed by atoms with van der Waals surface area (Å²) in [5, 5.41) is 3.36. The molecule has 0 amide bonds. The maximum Gasteiger partial charge on any atom is 0.161 e. The van der Waals surface area contributed by atoms with Crippen LogP contribution in [-0.4, -0.2) is 21.3 Å². The van der Waals surface area contributed by atoms with Crippen molar-refractivity contribution in [1.82, 2.24) is 0 Å². The molecule has 0 spiro atoms. The van der Waals surface area contributed by atoms with Crippen LogP contribution in [0.5, 0.6) is 17.2 Å². The van der Waals surface area contributed by atoms with Gasteiger partial charge in [0.2, 0.25) is 0 Å². The quantitative estimate of drug-likeness (QED) is 0.850. The van der Waals surface area contributed by atoms with Crippen LogP contribution in [0.2, 0.25) is 0 Å². The molecule has 0 aliphatic carbocycles. The Bertz CT molecular complexity index is 599. The molecule has 0 atom stereocenters. The van der Waals surface area contributed by atoms with E-state index in [1.54, 1.807) is 21.3 Å². The van der Waals surface area contributed by atoms with E-state index in [2.05, 4.69) is 21.2 Å². The second-order valence-electron chi connectivity index (χ2n) is 4.38. The average molecular weight is 352 g/mol. The first-order chi connectivity index (χ1) is 10.2. The highest BCUT2D eigenvalue weighted by Gasteiger charge is 2.09. The highest BCUT2D eigenvalue weighted by molar-refractivity contribution is 9.10. The monoisotopic (exact) mass is 351 g/mol. The van der Waals surface area contributed by atoms with Gasteiger partial charge >= 0.3 is 0 Å². The predicted octanol–water partition coefficient (Wildman–Crippen LogP) is 4.09. The molecule has 1 N–H and O–H groups in total. The Labute approximate surface area is 133 Å². The Hall–Kier alpha value is -1.88. The van der Waals surface area contributed by atoms with Crippen molar-refractivity contribution in [2.24, 2.45) is 0 Å². The summed E-state index contributed by atoms with van der Waals surface area (Å²) in [6.45, 7) is 0.674. The van der Waals surface area contributed by atoms with Gasteiger partial charge < -0.3 is 19.5 Å². The zero-order chi connectivity index (χ0) is 15.2. The summed E-state index contributed by atoms with van der Waals surface area (Å²) >= 11 is 3.55. The minimum Gasteiger partial charge on any atom is -0.497 e. The van der Waals surface area contributed by atoms with Crippen LogP contribution in [0.25, 0.3) is 0 Å². The van der Waals surface area contributed by atoms with Crippen molar-refractivity contribution in [1.29, 1.82) is 0 Å². The number of benzene rings is 2. The average Bonchev–Trinajstić information content (AvgIpc) is 2.53. The second-order valence-corrected chi connectivity index (χ2v) is 5.23. The van der Waals surface area contributed by atoms with Gasteiger partial charge in [0.25, 0.3) is 0 Å². The lowest BCUT2D eigenvalue weighted by molar-refractivity contribution is 0.354. The molecule has 0 bridgehead atoms. The number of rotatable bonds is 6. The first kappa shape index (κ1) is 15.5. The van der Waals surface area contributed by atoms with E-state index in [0.717, 1.165) is 21.5 Å². The summed E-state index contributed by atoms with van der Waals surface area (Å²) in [5.41, 5.74) is 2.11. The minimum absolute atomic E-state index is 0.674. The second kappa shape index (κ2) is 7.22. The molecule has 0 saturated carbocycles. The molecular formula is C16H18BrNO3. The molecule has 0 aromatic heterocycles. The van der Waals surface area contributed by atoms with Gasteiger partial charge in [-0.15, -0.1) is 0 Å². The van der Waals surface area contributed by atoms with Crippen LogP contribution >= 0.6 is 15.9 Å². The molecule has 2 rings (SSSR count). The van der Waals surface area contributed by atoms with E-state index in [1.807, 2.05) is 36.4 Å². The van der Waals surface area contributed by atoms with Crippen molar-refractivity contribution >= 4 is 21.6 Å². The standard InChI is InChI=1S/C16H18BrNO3/c1-19-13-6-4-12(5-7-13)18-10-11-8-15(20-2)16(21-3)9-14(11)17/h4-9,18H,10H2,1-3H3. The van der Waals surface area contributed by atoms with E-state index in [-0.39, 0.29) is 0 Å². The molecule has 112 valence electrons. The zero-order valence-electron chi connectivity index (χ0n) is 12.3. The summed E-state index contributed by atoms with van der Waals surface area (Å²) < 4.78 is 16.7. The van der Waals surface area contributed by atoms with E-state index in [4.69, 9.17) is 14.2 Å². The van der Waals surface area contributed by atoms with Gasteiger partial charge in [0.05, 0.1) is 21.3 Å². The smallest absolute Gasteiger partial charge is 0.161 e. The van der Waals surface area contributed by atoms with Crippen LogP contribution in [0.3, 0.4) is 0 Å². The third-order valence-corrected chi connectivity index (χ3v) is 3.86. The molecular weight excluding hydrogens is 334 g/mol. The number of nitrogens with one attached hydrogen (secondary N) is 1. The third-order valence-electron chi connectivity index (χ3n) is 3.13. The summed E-state index contributed by atoms with van der Waals surface area (Å²) in [6, 6.07) is 11.7. The van der Waals surface area contributed by atoms with Gasteiger partial charge in [-0.3, -0.25) is 0 Å². The number of hydrogen-bond donors (Lipinski definition) is 1. The zero-order valence-corrected chi connectivity index (χ0v) is 13.9. The molecule has 0 aliphatic heterocycles. The molecule has 0 radical (unpaired) electrons. The fourth-order valence-electron chi connectivity index (χ4n) is 1.94. The lowest BCUT2D eigenvalue weighted by Crippen LogP contribution is -2.01. The van der Waals surface area contributed by atoms with Gasteiger partial charge in [-0.05, 0) is 42.0 Å². The van der Waals surface area contributed by atoms with Crippen molar-refractivity contribution < 1.29 is 14.2 Å². The van der Waals surface area contributed by atoms with Crippen molar-refractivity contribution in [3.05, 3.63) is 46.4 Å². The number of halogens is 1. The number of hydrogen-bond acceptors (Lipinski definition) is 4. The predicted molar refractivity (Wildman–Crippen MR) is 87.6 cm³/mol. The van der Waals surface area contributed by atoms with E-state index in [1.165, 1.54) is 0 Å². The third kappa shape index (κ3) is 3.82. The first-order valence-electron chi connectivity index (χ1n) is 6.46. The van der Waals surface area contributed by atoms with Gasteiger partial charge in [-0.2, -0.15) is 0 Å². The molecule has 0 fully saturated rings. The normalized spacial score (nSPS) is 10.1. The van der Waals surface area contributed by atoms with Crippen molar-refractivity contribution in [2.75, 3.05) is 26.6 Å². The number of methoxy groups -OCH3 is 3. The highest BCUT2D eigenvalue weighted by atomic mass is 79.9. The fraction of sp³-hybridized carbons (Fsp3) is 0.250. The Morgan fingerprint density at radius 3 is 2.10 bits per heavy atom. The van der Waals surface area contributed by atoms with E-state index < -0.39 is 0 Å². The largest absolute Gasteiger partial charge is 0.497 e. The Morgan fingerprint density at radius 2 is 1.52 bits per heavy atom. The van der Waals surface area contributed by atoms with Crippen molar-refractivity contribution in [3.8, 4) is 17.2 Å². The molecule has 2 aromatic carbocycles. The van der Waals surface area contributed by atoms with Crippen molar-refractivity contribution in [2.45, 2.75) is 6.54 Å². The van der Waals surface area contributed by atoms with Crippen LogP contribution in [-0.2, 0) is 6.54 Å². The molecule has 4 nitrogen and oxygen atoms in total. The molecule has 0 aliphatic rings. The van der Waals surface area contributed by atoms with Crippen molar-refractivity contribution in [3.63, 3.8) is 0 Å². The number of anilines is 1. The topological polar surface area (TPSA) is 39.7 Å². The molecule has 5 heteroatoms. The molecule has 2 aromatic rings. The molecule has 21 heavy (non-hydrogen) atoms. The van der Waals surface area contributed by atoms with Gasteiger partial charge in [-0.1, -0.05) is 15.9 Å². The Morgan fingerprint density at radius 1 is 0.905 bits per heavy atom. The Balaban J connectivity index is 2.11. The van der Waals surface area contributed by atoms with Gasteiger partial charge in [-0.25, -0.2) is 0 Å². The lowest BCUT2D eigenvalue weighted by Gasteiger charge is -2.13. The summed E-state index contributed by atoms with van der Waals surface area (Å²) in [6.07, 6.45) is 0. The fourth-order valence-corrected chi connectivity index (χ4v) is 2.40. The van der Waals surface area contributed by atoms with E-state index in [9.17, 15) is 0 Å². The Kier molecular flexibility index (Phi) is 5.33. The summed E-state index contributed by atoms with van der Waals surface area (Å²) in [5.74, 6) is 2.26. The van der Waals surface area contributed by atoms with Crippen LogP contribution in [0.4, 0.5) is 5.69 Å². The van der Waals surface area contributed by atoms with E-state index in [0.29, 0.717) is 18.0 Å². The molecule has 0 saturated heterocycles. The summed E-state index contributed by atoms with van der Waals surface area (Å²) in [7, 11) is 4.91. The van der Waals surface area contributed by atoms with Crippen LogP contribution in [0.15, 0.2) is 40.9 Å². The molecule has 0 unspecified atom stereocenters. The van der Waals surface area contributed by atoms with Gasteiger partial charge in [0, 0.05) is 16.7 Å². The maximum absolute atomic E-state index is 5.32. The maximum atomic E-state index is 5.32. The van der Waals surface area contributed by atoms with Gasteiger partial charge in [0.15, 0.2) is 11.5 Å². The van der Waals surface area contributed by atoms with Gasteiger partial charge in [0.1, 0.15) is 5.75 Å². The lowest BCUT2D eigenvalue weighted by atomic mass is 10.2. The van der Waals surface area contributed by atoms with Crippen LogP contribution < -0.4 is 19.5 Å². The number of ether oxygens (including phenoxy) is 3. The van der Waals surface area contributed by atoms with Crippen LogP contribution in [0.1, 0.15) is 5.56 Å². The minimum atomic E-state index is 0.674.